The molecule has 0 saturated carbocycles. The number of nitrogens with one attached hydrogen (secondary N) is 3. The molecule has 0 bridgehead atoms. The molecule has 0 aliphatic carbocycles. The summed E-state index contributed by atoms with van der Waals surface area (Å²) in [6, 6.07) is -1.36. The Hall–Kier alpha value is -2.05. The van der Waals surface area contributed by atoms with Gasteiger partial charge in [0.15, 0.2) is 0 Å². The van der Waals surface area contributed by atoms with Crippen LogP contribution >= 0.6 is 0 Å². The number of aromatic nitrogens is 2. The fraction of sp³-hybridized carbons (Fsp3) is 0.500. The van der Waals surface area contributed by atoms with Crippen molar-refractivity contribution in [2.75, 3.05) is 0 Å². The van der Waals surface area contributed by atoms with Gasteiger partial charge in [-0.15, -0.1) is 0 Å². The number of hydrogen-bond donors (Lipinski definition) is 4. The zero-order chi connectivity index (χ0) is 12.8. The van der Waals surface area contributed by atoms with E-state index in [1.54, 1.807) is 13.1 Å². The third-order valence-electron chi connectivity index (χ3n) is 2.39. The second-order valence-electron chi connectivity index (χ2n) is 3.65. The second-order valence-corrected chi connectivity index (χ2v) is 3.65. The number of aryl methyl sites for hydroxylation is 1. The lowest BCUT2D eigenvalue weighted by Gasteiger charge is -2.12. The van der Waals surface area contributed by atoms with Gasteiger partial charge in [-0.2, -0.15) is 5.10 Å². The maximum Gasteiger partial charge on any atom is 0.326 e. The molecule has 0 saturated heterocycles. The SMILES string of the molecule is CCC(NC(=O)NCc1cn[nH]c1C)C(=O)O. The summed E-state index contributed by atoms with van der Waals surface area (Å²) in [7, 11) is 0. The lowest BCUT2D eigenvalue weighted by atomic mass is 10.2. The molecule has 0 radical (unpaired) electrons. The molecule has 94 valence electrons. The monoisotopic (exact) mass is 240 g/mol. The van der Waals surface area contributed by atoms with Gasteiger partial charge in [0.05, 0.1) is 6.20 Å². The van der Waals surface area contributed by atoms with Crippen LogP contribution in [0.3, 0.4) is 0 Å². The number of rotatable bonds is 5. The van der Waals surface area contributed by atoms with E-state index in [0.717, 1.165) is 11.3 Å². The van der Waals surface area contributed by atoms with Crippen molar-refractivity contribution < 1.29 is 14.7 Å². The molecule has 0 aliphatic heterocycles. The summed E-state index contributed by atoms with van der Waals surface area (Å²) in [5.41, 5.74) is 1.74. The molecular formula is C10H16N4O3. The number of urea groups is 1. The van der Waals surface area contributed by atoms with Gasteiger partial charge in [0.1, 0.15) is 6.04 Å². The highest BCUT2D eigenvalue weighted by atomic mass is 16.4. The van der Waals surface area contributed by atoms with Gasteiger partial charge < -0.3 is 15.7 Å². The highest BCUT2D eigenvalue weighted by Crippen LogP contribution is 2.01. The minimum atomic E-state index is -1.04. The second kappa shape index (κ2) is 5.88. The molecule has 1 aromatic heterocycles. The number of amides is 2. The van der Waals surface area contributed by atoms with Crippen molar-refractivity contribution in [2.24, 2.45) is 0 Å². The van der Waals surface area contributed by atoms with Crippen molar-refractivity contribution in [3.63, 3.8) is 0 Å². The first-order valence-electron chi connectivity index (χ1n) is 5.30. The summed E-state index contributed by atoms with van der Waals surface area (Å²) < 4.78 is 0. The van der Waals surface area contributed by atoms with Gasteiger partial charge in [0, 0.05) is 17.8 Å². The summed E-state index contributed by atoms with van der Waals surface area (Å²) in [4.78, 5) is 22.1. The number of carboxylic acids is 1. The number of nitrogens with zero attached hydrogens (tertiary/aromatic N) is 1. The van der Waals surface area contributed by atoms with Crippen molar-refractivity contribution in [1.29, 1.82) is 0 Å². The number of hydrogen-bond acceptors (Lipinski definition) is 3. The molecule has 1 aromatic rings. The minimum absolute atomic E-state index is 0.310. The third-order valence-corrected chi connectivity index (χ3v) is 2.39. The summed E-state index contributed by atoms with van der Waals surface area (Å²) in [5, 5.41) is 20.3. The van der Waals surface area contributed by atoms with Crippen molar-refractivity contribution in [3.05, 3.63) is 17.5 Å². The number of carbonyl (C=O) groups is 2. The standard InChI is InChI=1S/C10H16N4O3/c1-3-8(9(15)16)13-10(17)11-4-7-5-12-14-6(7)2/h5,8H,3-4H2,1-2H3,(H,12,14)(H,15,16)(H2,11,13,17). The molecule has 1 unspecified atom stereocenters. The van der Waals surface area contributed by atoms with Crippen LogP contribution in [0.1, 0.15) is 24.6 Å². The average Bonchev–Trinajstić information content (AvgIpc) is 2.68. The molecule has 17 heavy (non-hydrogen) atoms. The summed E-state index contributed by atoms with van der Waals surface area (Å²) in [6.07, 6.45) is 1.96. The summed E-state index contributed by atoms with van der Waals surface area (Å²) in [5.74, 6) is -1.04. The Morgan fingerprint density at radius 2 is 2.29 bits per heavy atom. The van der Waals surface area contributed by atoms with E-state index < -0.39 is 18.0 Å². The van der Waals surface area contributed by atoms with Crippen molar-refractivity contribution in [1.82, 2.24) is 20.8 Å². The molecule has 2 amide bonds. The smallest absolute Gasteiger partial charge is 0.326 e. The Kier molecular flexibility index (Phi) is 4.50. The Morgan fingerprint density at radius 1 is 1.59 bits per heavy atom. The highest BCUT2D eigenvalue weighted by molar-refractivity contribution is 5.82. The van der Waals surface area contributed by atoms with Crippen LogP contribution < -0.4 is 10.6 Å². The Morgan fingerprint density at radius 3 is 2.76 bits per heavy atom. The van der Waals surface area contributed by atoms with E-state index in [2.05, 4.69) is 20.8 Å². The molecule has 0 aromatic carbocycles. The van der Waals surface area contributed by atoms with Gasteiger partial charge in [-0.3, -0.25) is 5.10 Å². The Bertz CT molecular complexity index is 402. The van der Waals surface area contributed by atoms with E-state index in [1.165, 1.54) is 0 Å². The van der Waals surface area contributed by atoms with E-state index in [0.29, 0.717) is 13.0 Å². The van der Waals surface area contributed by atoms with Gasteiger partial charge in [-0.05, 0) is 13.3 Å². The zero-order valence-corrected chi connectivity index (χ0v) is 9.78. The van der Waals surface area contributed by atoms with Crippen molar-refractivity contribution in [3.8, 4) is 0 Å². The molecule has 0 spiro atoms. The first-order chi connectivity index (χ1) is 8.04. The molecule has 1 rings (SSSR count). The fourth-order valence-corrected chi connectivity index (χ4v) is 1.28. The topological polar surface area (TPSA) is 107 Å². The molecule has 4 N–H and O–H groups in total. The molecular weight excluding hydrogens is 224 g/mol. The van der Waals surface area contributed by atoms with Crippen LogP contribution in [-0.4, -0.2) is 33.3 Å². The number of H-pyrrole nitrogens is 1. The Labute approximate surface area is 98.6 Å². The molecule has 7 nitrogen and oxygen atoms in total. The van der Waals surface area contributed by atoms with Gasteiger partial charge >= 0.3 is 12.0 Å². The third kappa shape index (κ3) is 3.78. The lowest BCUT2D eigenvalue weighted by Crippen LogP contribution is -2.45. The summed E-state index contributed by atoms with van der Waals surface area (Å²) in [6.45, 7) is 3.84. The first kappa shape index (κ1) is 13.0. The van der Waals surface area contributed by atoms with E-state index in [1.807, 2.05) is 6.92 Å². The van der Waals surface area contributed by atoms with E-state index in [9.17, 15) is 9.59 Å². The summed E-state index contributed by atoms with van der Waals surface area (Å²) >= 11 is 0. The van der Waals surface area contributed by atoms with Crippen LogP contribution in [0.2, 0.25) is 0 Å². The van der Waals surface area contributed by atoms with Gasteiger partial charge in [0.25, 0.3) is 0 Å². The number of carboxylic acid groups (broad SMARTS) is 1. The predicted molar refractivity (Wildman–Crippen MR) is 60.4 cm³/mol. The molecule has 0 fully saturated rings. The first-order valence-corrected chi connectivity index (χ1v) is 5.30. The number of carbonyl (C=O) groups excluding carboxylic acids is 1. The molecule has 1 heterocycles. The predicted octanol–water partition coefficient (Wildman–Crippen LogP) is 0.381. The van der Waals surface area contributed by atoms with E-state index >= 15 is 0 Å². The van der Waals surface area contributed by atoms with Crippen molar-refractivity contribution in [2.45, 2.75) is 32.9 Å². The highest BCUT2D eigenvalue weighted by Gasteiger charge is 2.17. The van der Waals surface area contributed by atoms with E-state index in [4.69, 9.17) is 5.11 Å². The minimum Gasteiger partial charge on any atom is -0.480 e. The molecule has 0 aliphatic rings. The van der Waals surface area contributed by atoms with Crippen LogP contribution in [-0.2, 0) is 11.3 Å². The van der Waals surface area contributed by atoms with Crippen molar-refractivity contribution >= 4 is 12.0 Å². The van der Waals surface area contributed by atoms with Crippen LogP contribution in [0.5, 0.6) is 0 Å². The fourth-order valence-electron chi connectivity index (χ4n) is 1.28. The van der Waals surface area contributed by atoms with Crippen LogP contribution in [0.15, 0.2) is 6.20 Å². The maximum absolute atomic E-state index is 11.4. The zero-order valence-electron chi connectivity index (χ0n) is 9.78. The van der Waals surface area contributed by atoms with Gasteiger partial charge in [-0.1, -0.05) is 6.92 Å². The quantitative estimate of drug-likeness (QED) is 0.596. The average molecular weight is 240 g/mol. The maximum atomic E-state index is 11.4. The number of aliphatic carboxylic acids is 1. The van der Waals surface area contributed by atoms with Gasteiger partial charge in [-0.25, -0.2) is 9.59 Å². The lowest BCUT2D eigenvalue weighted by molar-refractivity contribution is -0.139. The number of aromatic amines is 1. The normalized spacial score (nSPS) is 11.9. The molecule has 1 atom stereocenters. The molecule has 7 heteroatoms. The van der Waals surface area contributed by atoms with Gasteiger partial charge in [0.2, 0.25) is 0 Å². The van der Waals surface area contributed by atoms with Crippen LogP contribution in [0.25, 0.3) is 0 Å². The largest absolute Gasteiger partial charge is 0.480 e. The van der Waals surface area contributed by atoms with E-state index in [-0.39, 0.29) is 0 Å². The van der Waals surface area contributed by atoms with Crippen LogP contribution in [0.4, 0.5) is 4.79 Å². The Balaban J connectivity index is 2.40. The van der Waals surface area contributed by atoms with Crippen LogP contribution in [0, 0.1) is 6.92 Å².